The topological polar surface area (TPSA) is 165 Å². The first-order valence-electron chi connectivity index (χ1n) is 20.6. The molecule has 0 bridgehead atoms. The molecule has 1 heterocycles. The fourth-order valence-electron chi connectivity index (χ4n) is 6.84. The molecule has 0 aromatic heterocycles. The van der Waals surface area contributed by atoms with Crippen LogP contribution in [-0.2, 0) is 48.2 Å². The molecule has 13 heteroatoms. The molecule has 1 saturated heterocycles. The van der Waals surface area contributed by atoms with Crippen molar-refractivity contribution in [1.82, 2.24) is 30.2 Å². The molecule has 6 amide bonds. The summed E-state index contributed by atoms with van der Waals surface area (Å²) < 4.78 is 0. The van der Waals surface area contributed by atoms with Gasteiger partial charge in [0, 0.05) is 39.0 Å². The quantitative estimate of drug-likeness (QED) is 0.187. The predicted octanol–water partition coefficient (Wildman–Crippen LogP) is 3.31. The molecule has 3 aromatic carbocycles. The smallest absolute Gasteiger partial charge is 0.245 e. The number of nitrogens with two attached hydrogens (primary N) is 1. The molecule has 312 valence electrons. The molecule has 1 aliphatic heterocycles. The average molecular weight is 796 g/mol. The number of carbonyl (C=O) groups excluding carboxylic acids is 6. The Morgan fingerprint density at radius 3 is 1.50 bits per heavy atom. The number of nitrogens with one attached hydrogen (secondary N) is 2. The van der Waals surface area contributed by atoms with Crippen LogP contribution >= 0.6 is 0 Å². The zero-order chi connectivity index (χ0) is 41.7. The number of unbranched alkanes of at least 4 members (excludes halogenated alkanes) is 3. The van der Waals surface area contributed by atoms with Gasteiger partial charge in [0.1, 0.15) is 18.6 Å². The van der Waals surface area contributed by atoms with Gasteiger partial charge in [-0.05, 0) is 48.9 Å². The summed E-state index contributed by atoms with van der Waals surface area (Å²) in [6, 6.07) is 25.6. The summed E-state index contributed by atoms with van der Waals surface area (Å²) in [5, 5.41) is 5.81. The second-order valence-corrected chi connectivity index (χ2v) is 14.9. The van der Waals surface area contributed by atoms with Crippen LogP contribution < -0.4 is 16.4 Å². The zero-order valence-corrected chi connectivity index (χ0v) is 34.2. The molecule has 13 nitrogen and oxygen atoms in total. The Bertz CT molecular complexity index is 1760. The van der Waals surface area contributed by atoms with Crippen molar-refractivity contribution in [1.29, 1.82) is 0 Å². The monoisotopic (exact) mass is 795 g/mol. The van der Waals surface area contributed by atoms with Crippen molar-refractivity contribution in [3.05, 3.63) is 108 Å². The largest absolute Gasteiger partial charge is 0.342 e. The van der Waals surface area contributed by atoms with E-state index in [0.717, 1.165) is 29.5 Å². The zero-order valence-electron chi connectivity index (χ0n) is 34.2. The maximum absolute atomic E-state index is 14.7. The Morgan fingerprint density at radius 1 is 0.517 bits per heavy atom. The van der Waals surface area contributed by atoms with Crippen molar-refractivity contribution < 1.29 is 28.8 Å². The molecule has 0 saturated carbocycles. The first-order chi connectivity index (χ1) is 28.1. The highest BCUT2D eigenvalue weighted by Crippen LogP contribution is 2.14. The molecule has 0 radical (unpaired) electrons. The van der Waals surface area contributed by atoms with E-state index >= 15 is 0 Å². The lowest BCUT2D eigenvalue weighted by Crippen LogP contribution is -2.58. The van der Waals surface area contributed by atoms with E-state index in [2.05, 4.69) is 10.6 Å². The Kier molecular flexibility index (Phi) is 18.9. The average Bonchev–Trinajstić information content (AvgIpc) is 3.23. The summed E-state index contributed by atoms with van der Waals surface area (Å²) in [7, 11) is 0. The summed E-state index contributed by atoms with van der Waals surface area (Å²) >= 11 is 0. The van der Waals surface area contributed by atoms with Crippen LogP contribution in [0.2, 0.25) is 0 Å². The van der Waals surface area contributed by atoms with Crippen LogP contribution in [0.1, 0.15) is 69.1 Å². The van der Waals surface area contributed by atoms with Crippen molar-refractivity contribution in [3.63, 3.8) is 0 Å². The molecule has 0 aliphatic carbocycles. The molecule has 0 unspecified atom stereocenters. The number of benzene rings is 3. The van der Waals surface area contributed by atoms with E-state index in [1.807, 2.05) is 105 Å². The summed E-state index contributed by atoms with van der Waals surface area (Å²) in [6.45, 7) is 3.92. The normalized spacial score (nSPS) is 18.2. The molecule has 0 spiro atoms. The van der Waals surface area contributed by atoms with E-state index in [1.54, 1.807) is 0 Å². The second kappa shape index (κ2) is 24.3. The van der Waals surface area contributed by atoms with Gasteiger partial charge < -0.3 is 36.0 Å². The summed E-state index contributed by atoms with van der Waals surface area (Å²) in [6.07, 6.45) is 4.13. The summed E-state index contributed by atoms with van der Waals surface area (Å²) in [5.74, 6) is -2.86. The Balaban J connectivity index is 1.81. The van der Waals surface area contributed by atoms with Crippen LogP contribution in [0.15, 0.2) is 91.0 Å². The van der Waals surface area contributed by atoms with Gasteiger partial charge in [0.15, 0.2) is 0 Å². The maximum Gasteiger partial charge on any atom is 0.245 e. The molecule has 4 N–H and O–H groups in total. The van der Waals surface area contributed by atoms with Gasteiger partial charge in [0.2, 0.25) is 35.4 Å². The molecular formula is C45H61N7O6. The molecule has 58 heavy (non-hydrogen) atoms. The van der Waals surface area contributed by atoms with Crippen molar-refractivity contribution in [2.24, 2.45) is 5.73 Å². The lowest BCUT2D eigenvalue weighted by atomic mass is 10.0. The van der Waals surface area contributed by atoms with Crippen molar-refractivity contribution >= 4 is 35.4 Å². The van der Waals surface area contributed by atoms with E-state index in [0.29, 0.717) is 32.2 Å². The number of hydrogen-bond acceptors (Lipinski definition) is 7. The van der Waals surface area contributed by atoms with Gasteiger partial charge in [0.05, 0.1) is 19.6 Å². The van der Waals surface area contributed by atoms with Crippen LogP contribution in [0.25, 0.3) is 0 Å². The lowest BCUT2D eigenvalue weighted by molar-refractivity contribution is -0.148. The SMILES string of the molecule is CCCCN1CC(=O)N[C@@H](Cc2ccccc2)C(=O)N[C@@H](Cc2ccccc2)C(=O)N(CCCCN)CC(=O)N(Cc2ccccc2)CC(=O)N(CCCC)CC1=O. The van der Waals surface area contributed by atoms with Gasteiger partial charge >= 0.3 is 0 Å². The Labute approximate surface area is 343 Å². The minimum atomic E-state index is -1.11. The third kappa shape index (κ3) is 14.7. The van der Waals surface area contributed by atoms with Crippen LogP contribution in [-0.4, -0.2) is 119 Å². The predicted molar refractivity (Wildman–Crippen MR) is 224 cm³/mol. The van der Waals surface area contributed by atoms with Crippen LogP contribution in [0.3, 0.4) is 0 Å². The first-order valence-corrected chi connectivity index (χ1v) is 20.6. The van der Waals surface area contributed by atoms with E-state index in [9.17, 15) is 28.8 Å². The van der Waals surface area contributed by atoms with E-state index < -0.39 is 47.5 Å². The standard InChI is InChI=1S/C45H61N7O6/c1-3-5-25-49-31-40(53)47-38(28-35-18-10-7-11-19-35)44(57)48-39(29-36-20-12-8-13-21-36)45(58)51(27-17-16-24-46)33-43(56)52(30-37-22-14-9-15-23-37)34-42(55)50(26-6-4-2)32-41(49)54/h7-15,18-23,38-39H,3-6,16-17,24-34,46H2,1-2H3,(H,47,53)(H,48,57)/t38-,39-/m0/s1. The third-order valence-electron chi connectivity index (χ3n) is 10.2. The fraction of sp³-hybridized carbons (Fsp3) is 0.467. The number of amides is 6. The molecule has 1 aliphatic rings. The van der Waals surface area contributed by atoms with Gasteiger partial charge in [-0.3, -0.25) is 28.8 Å². The van der Waals surface area contributed by atoms with Crippen LogP contribution in [0.5, 0.6) is 0 Å². The van der Waals surface area contributed by atoms with Gasteiger partial charge in [-0.25, -0.2) is 0 Å². The van der Waals surface area contributed by atoms with Crippen molar-refractivity contribution in [2.45, 2.75) is 83.8 Å². The van der Waals surface area contributed by atoms with E-state index in [1.165, 1.54) is 19.6 Å². The summed E-state index contributed by atoms with van der Waals surface area (Å²) in [4.78, 5) is 91.4. The minimum Gasteiger partial charge on any atom is -0.342 e. The van der Waals surface area contributed by atoms with E-state index in [4.69, 9.17) is 5.73 Å². The molecule has 2 atom stereocenters. The van der Waals surface area contributed by atoms with Crippen LogP contribution in [0.4, 0.5) is 0 Å². The number of nitrogens with zero attached hydrogens (tertiary/aromatic N) is 4. The van der Waals surface area contributed by atoms with Gasteiger partial charge in [-0.1, -0.05) is 118 Å². The lowest BCUT2D eigenvalue weighted by Gasteiger charge is -2.33. The molecule has 4 rings (SSSR count). The highest BCUT2D eigenvalue weighted by molar-refractivity contribution is 5.96. The Morgan fingerprint density at radius 2 is 0.966 bits per heavy atom. The number of rotatable bonds is 16. The number of carbonyl (C=O) groups is 6. The first kappa shape index (κ1) is 45.1. The molecule has 3 aromatic rings. The van der Waals surface area contributed by atoms with Crippen LogP contribution in [0, 0.1) is 0 Å². The third-order valence-corrected chi connectivity index (χ3v) is 10.2. The minimum absolute atomic E-state index is 0.0972. The van der Waals surface area contributed by atoms with Gasteiger partial charge in [-0.2, -0.15) is 0 Å². The summed E-state index contributed by atoms with van der Waals surface area (Å²) in [5.41, 5.74) is 8.20. The Hall–Kier alpha value is -5.56. The fourth-order valence-corrected chi connectivity index (χ4v) is 6.84. The second-order valence-electron chi connectivity index (χ2n) is 14.9. The van der Waals surface area contributed by atoms with Gasteiger partial charge in [-0.15, -0.1) is 0 Å². The molecule has 1 fully saturated rings. The molecular weight excluding hydrogens is 735 g/mol. The number of hydrogen-bond donors (Lipinski definition) is 3. The van der Waals surface area contributed by atoms with E-state index in [-0.39, 0.29) is 65.2 Å². The van der Waals surface area contributed by atoms with Crippen molar-refractivity contribution in [3.8, 4) is 0 Å². The van der Waals surface area contributed by atoms with Gasteiger partial charge in [0.25, 0.3) is 0 Å². The highest BCUT2D eigenvalue weighted by Gasteiger charge is 2.33. The van der Waals surface area contributed by atoms with Crippen molar-refractivity contribution in [2.75, 3.05) is 52.4 Å². The highest BCUT2D eigenvalue weighted by atomic mass is 16.2. The maximum atomic E-state index is 14.7.